The molecule has 0 amide bonds. The summed E-state index contributed by atoms with van der Waals surface area (Å²) < 4.78 is 7.06. The van der Waals surface area contributed by atoms with E-state index in [2.05, 4.69) is 224 Å². The molecule has 6 nitrogen and oxygen atoms in total. The Labute approximate surface area is 428 Å². The average Bonchev–Trinajstić information content (AvgIpc) is 4.27. The van der Waals surface area contributed by atoms with Crippen molar-refractivity contribution in [3.63, 3.8) is 0 Å². The number of aryl methyl sites for hydroxylation is 3. The summed E-state index contributed by atoms with van der Waals surface area (Å²) in [4.78, 5) is 10.7. The molecule has 344 valence electrons. The fraction of sp³-hybridized carbons (Fsp3) is 0.129. The van der Waals surface area contributed by atoms with Crippen LogP contribution in [0.1, 0.15) is 64.0 Å². The predicted octanol–water partition coefficient (Wildman–Crippen LogP) is 10.7. The van der Waals surface area contributed by atoms with Gasteiger partial charge < -0.3 is 8.96 Å². The fourth-order valence-corrected chi connectivity index (χ4v) is 13.5. The number of hydrogen-bond donors (Lipinski definition) is 0. The molecule has 1 aliphatic rings. The van der Waals surface area contributed by atoms with E-state index in [9.17, 15) is 10.5 Å². The van der Waals surface area contributed by atoms with Crippen molar-refractivity contribution in [2.45, 2.75) is 52.4 Å². The van der Waals surface area contributed by atoms with Gasteiger partial charge in [-0.2, -0.15) is 10.5 Å². The van der Waals surface area contributed by atoms with Gasteiger partial charge in [0.1, 0.15) is 33.3 Å². The van der Waals surface area contributed by atoms with Crippen molar-refractivity contribution in [1.82, 2.24) is 18.9 Å². The van der Waals surface area contributed by atoms with Gasteiger partial charge in [-0.25, -0.2) is 9.97 Å². The average molecular weight is 963 g/mol. The van der Waals surface area contributed by atoms with E-state index in [1.165, 1.54) is 0 Å². The zero-order valence-corrected chi connectivity index (χ0v) is 42.0. The van der Waals surface area contributed by atoms with E-state index >= 15 is 0 Å². The van der Waals surface area contributed by atoms with Crippen LogP contribution in [0.2, 0.25) is 0 Å². The predicted molar refractivity (Wildman–Crippen MR) is 302 cm³/mol. The van der Waals surface area contributed by atoms with Gasteiger partial charge in [0.15, 0.2) is 0 Å². The van der Waals surface area contributed by atoms with E-state index in [4.69, 9.17) is 9.97 Å². The Bertz CT molecular complexity index is 3880. The maximum absolute atomic E-state index is 12.2. The third kappa shape index (κ3) is 7.80. The van der Waals surface area contributed by atoms with Gasteiger partial charge in [0.2, 0.25) is 0 Å². The maximum atomic E-state index is 12.2. The number of rotatable bonds is 10. The lowest BCUT2D eigenvalue weighted by atomic mass is 9.49. The van der Waals surface area contributed by atoms with Gasteiger partial charge in [0, 0.05) is 27.7 Å². The molecule has 0 aliphatic heterocycles. The molecule has 1 saturated carbocycles. The molecule has 0 N–H and O–H groups in total. The second-order valence-electron chi connectivity index (χ2n) is 19.1. The maximum Gasteiger partial charge on any atom is 0.328 e. The molecule has 7 aromatic carbocycles. The van der Waals surface area contributed by atoms with Crippen LogP contribution in [0.4, 0.5) is 0 Å². The Balaban J connectivity index is 1.43. The number of benzene rings is 7. The summed E-state index contributed by atoms with van der Waals surface area (Å²) in [5.41, 5.74) is 13.5. The number of fused-ring (bicyclic) bond motifs is 3. The number of nitriles is 2. The molecule has 4 heterocycles. The Morgan fingerprint density at radius 1 is 0.514 bits per heavy atom. The SMILES string of the molecule is Cc1ccc2nc(/C(C#N)=c3/c4c(C5CCCC5)n(B(c5ccccc5)c5ccccc5)/c(=C(/C#N)c5nc6ccc(C)cc6s5)c4c(-c4ccccc4C)n3B(c3ccccc3)c3ccccc3)sc2c1. The molecule has 0 saturated heterocycles. The molecule has 11 aromatic rings. The highest BCUT2D eigenvalue weighted by Crippen LogP contribution is 2.42. The van der Waals surface area contributed by atoms with Crippen molar-refractivity contribution < 1.29 is 0 Å². The highest BCUT2D eigenvalue weighted by Gasteiger charge is 2.39. The van der Waals surface area contributed by atoms with Crippen LogP contribution in [-0.2, 0) is 0 Å². The zero-order chi connectivity index (χ0) is 48.9. The van der Waals surface area contributed by atoms with Crippen molar-refractivity contribution in [1.29, 1.82) is 10.5 Å². The number of aromatic nitrogens is 4. The second-order valence-corrected chi connectivity index (χ2v) is 21.2. The first-order valence-electron chi connectivity index (χ1n) is 24.8. The van der Waals surface area contributed by atoms with Crippen LogP contribution in [0.5, 0.6) is 0 Å². The Morgan fingerprint density at radius 2 is 0.931 bits per heavy atom. The minimum atomic E-state index is -0.405. The van der Waals surface area contributed by atoms with Crippen LogP contribution in [-0.4, -0.2) is 32.6 Å². The molecule has 0 unspecified atom stereocenters. The molecule has 12 rings (SSSR count). The first-order chi connectivity index (χ1) is 35.4. The summed E-state index contributed by atoms with van der Waals surface area (Å²) in [6.07, 6.45) is 4.07. The summed E-state index contributed by atoms with van der Waals surface area (Å²) >= 11 is 3.14. The quantitative estimate of drug-likeness (QED) is 0.128. The molecule has 1 aliphatic carbocycles. The van der Waals surface area contributed by atoms with E-state index in [0.29, 0.717) is 21.2 Å². The van der Waals surface area contributed by atoms with E-state index in [0.717, 1.165) is 123 Å². The van der Waals surface area contributed by atoms with Crippen LogP contribution in [0, 0.1) is 43.4 Å². The molecule has 0 radical (unpaired) electrons. The third-order valence-electron chi connectivity index (χ3n) is 14.5. The van der Waals surface area contributed by atoms with Gasteiger partial charge in [0.25, 0.3) is 0 Å². The summed E-state index contributed by atoms with van der Waals surface area (Å²) in [7, 11) is 0. The second kappa shape index (κ2) is 19.0. The van der Waals surface area contributed by atoms with Gasteiger partial charge in [0.05, 0.1) is 31.1 Å². The number of nitrogens with zero attached hydrogens (tertiary/aromatic N) is 6. The molecule has 0 atom stereocenters. The minimum Gasteiger partial charge on any atom is -0.378 e. The highest BCUT2D eigenvalue weighted by atomic mass is 32.1. The van der Waals surface area contributed by atoms with E-state index in [1.807, 2.05) is 0 Å². The number of hydrogen-bond acceptors (Lipinski definition) is 6. The topological polar surface area (TPSA) is 83.2 Å². The van der Waals surface area contributed by atoms with Crippen molar-refractivity contribution in [3.8, 4) is 23.4 Å². The lowest BCUT2D eigenvalue weighted by molar-refractivity contribution is 0.692. The Morgan fingerprint density at radius 3 is 1.38 bits per heavy atom. The molecule has 72 heavy (non-hydrogen) atoms. The summed E-state index contributed by atoms with van der Waals surface area (Å²) in [6.45, 7) is 5.62. The first-order valence-corrected chi connectivity index (χ1v) is 26.4. The van der Waals surface area contributed by atoms with Gasteiger partial charge >= 0.3 is 13.7 Å². The molecular formula is C62H48B2N6S2. The largest absolute Gasteiger partial charge is 0.378 e. The molecule has 10 heteroatoms. The molecule has 4 aromatic heterocycles. The van der Waals surface area contributed by atoms with Crippen LogP contribution in [0.15, 0.2) is 182 Å². The standard InChI is InChI=1S/C62H48B2N6S2/c1-40-32-34-51-53(36-40)71-61(67-51)49(38-65)59-55-56(58(48-31-19-16-20-42(48)3)70(59)64(46-27-12-6-13-28-46)47-29-14-7-15-30-47)60(50(39-66)62-68-52-35-33-41(2)37-54(52)72-62)69(57(55)43-21-17-18-22-43)63(44-23-8-4-9-24-44)45-25-10-5-11-26-45/h4-16,19-20,23-37,43H,17-18,21-22H2,1-3H3/b59-49-,60-50-. The number of thiazole rings is 2. The van der Waals surface area contributed by atoms with Gasteiger partial charge in [-0.3, -0.25) is 0 Å². The Hall–Kier alpha value is -8.01. The van der Waals surface area contributed by atoms with Crippen LogP contribution in [0.25, 0.3) is 53.6 Å². The fourth-order valence-electron chi connectivity index (χ4n) is 11.4. The zero-order valence-electron chi connectivity index (χ0n) is 40.4. The van der Waals surface area contributed by atoms with Crippen molar-refractivity contribution in [3.05, 3.63) is 225 Å². The third-order valence-corrected chi connectivity index (χ3v) is 16.6. The Kier molecular flexibility index (Phi) is 11.9. The molecular weight excluding hydrogens is 914 g/mol. The molecule has 0 spiro atoms. The normalized spacial score (nSPS) is 13.6. The smallest absolute Gasteiger partial charge is 0.328 e. The highest BCUT2D eigenvalue weighted by molar-refractivity contribution is 7.20. The monoisotopic (exact) mass is 962 g/mol. The lowest BCUT2D eigenvalue weighted by Gasteiger charge is -2.26. The molecule has 0 bridgehead atoms. The van der Waals surface area contributed by atoms with Crippen molar-refractivity contribution in [2.75, 3.05) is 0 Å². The van der Waals surface area contributed by atoms with Crippen molar-refractivity contribution in [2.24, 2.45) is 0 Å². The van der Waals surface area contributed by atoms with E-state index < -0.39 is 6.85 Å². The van der Waals surface area contributed by atoms with Gasteiger partial charge in [-0.05, 0) is 80.5 Å². The van der Waals surface area contributed by atoms with Crippen molar-refractivity contribution >= 4 is 101 Å². The summed E-state index contributed by atoms with van der Waals surface area (Å²) in [5, 5.41) is 29.2. The summed E-state index contributed by atoms with van der Waals surface area (Å²) in [5.74, 6) is 0.0957. The molecule has 1 fully saturated rings. The first kappa shape index (κ1) is 45.1. The van der Waals surface area contributed by atoms with Crippen LogP contribution in [0.3, 0.4) is 0 Å². The van der Waals surface area contributed by atoms with Crippen LogP contribution >= 0.6 is 22.7 Å². The van der Waals surface area contributed by atoms with Gasteiger partial charge in [-0.15, -0.1) is 22.7 Å². The summed E-state index contributed by atoms with van der Waals surface area (Å²) in [6, 6.07) is 69.9. The van der Waals surface area contributed by atoms with Gasteiger partial charge in [-0.1, -0.05) is 192 Å². The lowest BCUT2D eigenvalue weighted by Crippen LogP contribution is -2.55. The minimum absolute atomic E-state index is 0.0957. The van der Waals surface area contributed by atoms with Crippen LogP contribution < -0.4 is 32.5 Å². The van der Waals surface area contributed by atoms with E-state index in [-0.39, 0.29) is 12.8 Å². The van der Waals surface area contributed by atoms with E-state index in [1.54, 1.807) is 22.7 Å².